The van der Waals surface area contributed by atoms with Gasteiger partial charge in [-0.05, 0) is 36.8 Å². The number of thiophene rings is 1. The van der Waals surface area contributed by atoms with Gasteiger partial charge >= 0.3 is 0 Å². The standard InChI is InChI=1S/C18H23FN4OS/c1-13-3-8-16(25-13)12-23-18(20-2)22-10-9-21-17(24)11-14-4-6-15(19)7-5-14/h3-8H,9-12H2,1-2H3,(H,21,24)(H2,20,22,23). The Bertz CT molecular complexity index is 712. The molecule has 5 nitrogen and oxygen atoms in total. The average Bonchev–Trinajstić information content (AvgIpc) is 3.02. The van der Waals surface area contributed by atoms with Crippen LogP contribution in [0.2, 0.25) is 0 Å². The Balaban J connectivity index is 1.63. The van der Waals surface area contributed by atoms with Gasteiger partial charge in [-0.3, -0.25) is 9.79 Å². The zero-order chi connectivity index (χ0) is 18.1. The molecule has 1 aromatic heterocycles. The highest BCUT2D eigenvalue weighted by Gasteiger charge is 2.04. The van der Waals surface area contributed by atoms with Crippen LogP contribution in [-0.2, 0) is 17.8 Å². The molecule has 0 saturated carbocycles. The van der Waals surface area contributed by atoms with Crippen LogP contribution >= 0.6 is 11.3 Å². The van der Waals surface area contributed by atoms with E-state index in [0.29, 0.717) is 19.0 Å². The minimum atomic E-state index is -0.301. The van der Waals surface area contributed by atoms with Crippen LogP contribution in [0, 0.1) is 12.7 Å². The average molecular weight is 362 g/mol. The van der Waals surface area contributed by atoms with Crippen molar-refractivity contribution in [3.05, 3.63) is 57.5 Å². The Morgan fingerprint density at radius 3 is 2.44 bits per heavy atom. The van der Waals surface area contributed by atoms with E-state index in [1.807, 2.05) is 0 Å². The molecule has 2 aromatic rings. The van der Waals surface area contributed by atoms with Gasteiger partial charge in [0.05, 0.1) is 13.0 Å². The zero-order valence-corrected chi connectivity index (χ0v) is 15.3. The number of nitrogens with zero attached hydrogens (tertiary/aromatic N) is 1. The van der Waals surface area contributed by atoms with Crippen molar-refractivity contribution in [2.75, 3.05) is 20.1 Å². The van der Waals surface area contributed by atoms with Gasteiger partial charge in [-0.15, -0.1) is 11.3 Å². The fourth-order valence-electron chi connectivity index (χ4n) is 2.20. The smallest absolute Gasteiger partial charge is 0.224 e. The van der Waals surface area contributed by atoms with E-state index in [-0.39, 0.29) is 18.1 Å². The quantitative estimate of drug-likeness (QED) is 0.402. The van der Waals surface area contributed by atoms with Crippen molar-refractivity contribution >= 4 is 23.2 Å². The van der Waals surface area contributed by atoms with Gasteiger partial charge in [-0.2, -0.15) is 0 Å². The molecule has 0 unspecified atom stereocenters. The van der Waals surface area contributed by atoms with E-state index in [2.05, 4.69) is 40.0 Å². The first-order valence-corrected chi connectivity index (χ1v) is 8.89. The Morgan fingerprint density at radius 1 is 1.08 bits per heavy atom. The fourth-order valence-corrected chi connectivity index (χ4v) is 3.03. The number of guanidine groups is 1. The van der Waals surface area contributed by atoms with Gasteiger partial charge in [0.2, 0.25) is 5.91 Å². The Labute approximate surface area is 151 Å². The number of aryl methyl sites for hydroxylation is 1. The highest BCUT2D eigenvalue weighted by atomic mass is 32.1. The van der Waals surface area contributed by atoms with Gasteiger partial charge in [-0.1, -0.05) is 12.1 Å². The second-order valence-electron chi connectivity index (χ2n) is 5.52. The maximum atomic E-state index is 12.8. The molecule has 0 fully saturated rings. The van der Waals surface area contributed by atoms with Crippen LogP contribution in [0.3, 0.4) is 0 Å². The van der Waals surface area contributed by atoms with E-state index in [4.69, 9.17) is 0 Å². The van der Waals surface area contributed by atoms with E-state index < -0.39 is 0 Å². The number of carbonyl (C=O) groups excluding carboxylic acids is 1. The van der Waals surface area contributed by atoms with Crippen molar-refractivity contribution < 1.29 is 9.18 Å². The van der Waals surface area contributed by atoms with E-state index in [1.54, 1.807) is 30.5 Å². The van der Waals surface area contributed by atoms with Crippen LogP contribution < -0.4 is 16.0 Å². The number of nitrogens with one attached hydrogen (secondary N) is 3. The molecular weight excluding hydrogens is 339 g/mol. The summed E-state index contributed by atoms with van der Waals surface area (Å²) >= 11 is 1.75. The Hall–Kier alpha value is -2.41. The van der Waals surface area contributed by atoms with Crippen molar-refractivity contribution in [2.24, 2.45) is 4.99 Å². The summed E-state index contributed by atoms with van der Waals surface area (Å²) in [6.45, 7) is 3.85. The number of benzene rings is 1. The normalized spacial score (nSPS) is 11.2. The van der Waals surface area contributed by atoms with E-state index in [1.165, 1.54) is 21.9 Å². The SMILES string of the molecule is CN=C(NCCNC(=O)Cc1ccc(F)cc1)NCc1ccc(C)s1. The molecule has 1 heterocycles. The van der Waals surface area contributed by atoms with Crippen LogP contribution in [0.15, 0.2) is 41.4 Å². The molecule has 1 amide bonds. The van der Waals surface area contributed by atoms with Gasteiger partial charge < -0.3 is 16.0 Å². The van der Waals surface area contributed by atoms with E-state index in [0.717, 1.165) is 12.1 Å². The largest absolute Gasteiger partial charge is 0.355 e. The van der Waals surface area contributed by atoms with Crippen LogP contribution in [0.25, 0.3) is 0 Å². The summed E-state index contributed by atoms with van der Waals surface area (Å²) in [4.78, 5) is 18.5. The van der Waals surface area contributed by atoms with Crippen molar-refractivity contribution in [2.45, 2.75) is 19.9 Å². The summed E-state index contributed by atoms with van der Waals surface area (Å²) in [6.07, 6.45) is 0.241. The minimum absolute atomic E-state index is 0.0922. The van der Waals surface area contributed by atoms with E-state index >= 15 is 0 Å². The summed E-state index contributed by atoms with van der Waals surface area (Å²) in [5.74, 6) is 0.300. The third kappa shape index (κ3) is 6.93. The topological polar surface area (TPSA) is 65.5 Å². The molecule has 0 bridgehead atoms. The lowest BCUT2D eigenvalue weighted by molar-refractivity contribution is -0.120. The molecule has 0 spiro atoms. The summed E-state index contributed by atoms with van der Waals surface area (Å²) in [6, 6.07) is 10.1. The van der Waals surface area contributed by atoms with E-state index in [9.17, 15) is 9.18 Å². The number of aliphatic imine (C=N–C) groups is 1. The Kier molecular flexibility index (Phi) is 7.40. The summed E-state index contributed by atoms with van der Waals surface area (Å²) in [5.41, 5.74) is 0.788. The molecule has 25 heavy (non-hydrogen) atoms. The van der Waals surface area contributed by atoms with Crippen LogP contribution in [0.4, 0.5) is 4.39 Å². The van der Waals surface area contributed by atoms with Gasteiger partial charge in [-0.25, -0.2) is 4.39 Å². The molecule has 0 radical (unpaired) electrons. The molecular formula is C18H23FN4OS. The monoisotopic (exact) mass is 362 g/mol. The molecule has 0 aliphatic rings. The first-order chi connectivity index (χ1) is 12.1. The van der Waals surface area contributed by atoms with Crippen LogP contribution in [0.5, 0.6) is 0 Å². The molecule has 134 valence electrons. The molecule has 0 atom stereocenters. The molecule has 7 heteroatoms. The number of carbonyl (C=O) groups is 1. The third-order valence-electron chi connectivity index (χ3n) is 3.47. The first kappa shape index (κ1) is 18.9. The van der Waals surface area contributed by atoms with Crippen molar-refractivity contribution in [3.8, 4) is 0 Å². The second kappa shape index (κ2) is 9.78. The van der Waals surface area contributed by atoms with Gasteiger partial charge in [0.25, 0.3) is 0 Å². The molecule has 0 aliphatic carbocycles. The summed E-state index contributed by atoms with van der Waals surface area (Å²) < 4.78 is 12.8. The highest BCUT2D eigenvalue weighted by Crippen LogP contribution is 2.14. The van der Waals surface area contributed by atoms with Gasteiger partial charge in [0, 0.05) is 29.9 Å². The van der Waals surface area contributed by atoms with Gasteiger partial charge in [0.1, 0.15) is 5.82 Å². The van der Waals surface area contributed by atoms with Gasteiger partial charge in [0.15, 0.2) is 5.96 Å². The molecule has 2 rings (SSSR count). The minimum Gasteiger partial charge on any atom is -0.355 e. The fraction of sp³-hybridized carbons (Fsp3) is 0.333. The molecule has 1 aromatic carbocycles. The third-order valence-corrected chi connectivity index (χ3v) is 4.47. The maximum absolute atomic E-state index is 12.8. The number of amides is 1. The Morgan fingerprint density at radius 2 is 1.80 bits per heavy atom. The summed E-state index contributed by atoms with van der Waals surface area (Å²) in [7, 11) is 1.71. The molecule has 3 N–H and O–H groups in total. The maximum Gasteiger partial charge on any atom is 0.224 e. The second-order valence-corrected chi connectivity index (χ2v) is 6.89. The van der Waals surface area contributed by atoms with Crippen LogP contribution in [-0.4, -0.2) is 32.0 Å². The predicted molar refractivity (Wildman–Crippen MR) is 100 cm³/mol. The lowest BCUT2D eigenvalue weighted by atomic mass is 10.1. The summed E-state index contributed by atoms with van der Waals surface area (Å²) in [5, 5.41) is 9.21. The number of hydrogen-bond acceptors (Lipinski definition) is 3. The number of hydrogen-bond donors (Lipinski definition) is 3. The molecule has 0 saturated heterocycles. The van der Waals surface area contributed by atoms with Crippen molar-refractivity contribution in [1.82, 2.24) is 16.0 Å². The highest BCUT2D eigenvalue weighted by molar-refractivity contribution is 7.11. The zero-order valence-electron chi connectivity index (χ0n) is 14.4. The van der Waals surface area contributed by atoms with Crippen molar-refractivity contribution in [1.29, 1.82) is 0 Å². The number of rotatable bonds is 7. The predicted octanol–water partition coefficient (Wildman–Crippen LogP) is 2.22. The number of halogens is 1. The molecule has 0 aliphatic heterocycles. The van der Waals surface area contributed by atoms with Crippen molar-refractivity contribution in [3.63, 3.8) is 0 Å². The lowest BCUT2D eigenvalue weighted by Crippen LogP contribution is -2.41. The first-order valence-electron chi connectivity index (χ1n) is 8.08. The van der Waals surface area contributed by atoms with Crippen LogP contribution in [0.1, 0.15) is 15.3 Å². The lowest BCUT2D eigenvalue weighted by Gasteiger charge is -2.11.